The highest BCUT2D eigenvalue weighted by molar-refractivity contribution is 5.89. The van der Waals surface area contributed by atoms with E-state index in [1.165, 1.54) is 12.1 Å². The van der Waals surface area contributed by atoms with E-state index in [2.05, 4.69) is 10.0 Å². The van der Waals surface area contributed by atoms with Crippen molar-refractivity contribution in [1.82, 2.24) is 0 Å². The van der Waals surface area contributed by atoms with Gasteiger partial charge in [0.1, 0.15) is 12.2 Å². The van der Waals surface area contributed by atoms with Gasteiger partial charge in [0, 0.05) is 10.6 Å². The number of azide groups is 1. The molecular formula is C15H19N3O5. The molecule has 0 fully saturated rings. The van der Waals surface area contributed by atoms with Gasteiger partial charge in [-0.25, -0.2) is 9.59 Å². The van der Waals surface area contributed by atoms with Gasteiger partial charge in [0.05, 0.1) is 12.2 Å². The van der Waals surface area contributed by atoms with Crippen molar-refractivity contribution in [2.45, 2.75) is 39.9 Å². The zero-order chi connectivity index (χ0) is 17.6. The summed E-state index contributed by atoms with van der Waals surface area (Å²) in [7, 11) is 0. The molecule has 0 saturated heterocycles. The first-order valence-electron chi connectivity index (χ1n) is 6.85. The van der Waals surface area contributed by atoms with E-state index in [1.807, 2.05) is 0 Å². The van der Waals surface area contributed by atoms with E-state index < -0.39 is 17.5 Å². The van der Waals surface area contributed by atoms with Crippen LogP contribution in [0.3, 0.4) is 0 Å². The molecule has 0 bridgehead atoms. The Kier molecular flexibility index (Phi) is 6.12. The Hall–Kier alpha value is -2.57. The number of carbonyl (C=O) groups excluding carboxylic acids is 1. The van der Waals surface area contributed by atoms with Gasteiger partial charge in [0.25, 0.3) is 0 Å². The third kappa shape index (κ3) is 5.98. The summed E-state index contributed by atoms with van der Waals surface area (Å²) in [6.45, 7) is 6.67. The molecule has 0 aliphatic heterocycles. The Balaban J connectivity index is 2.85. The van der Waals surface area contributed by atoms with Crippen LogP contribution in [0, 0.1) is 6.92 Å². The van der Waals surface area contributed by atoms with E-state index in [-0.39, 0.29) is 24.5 Å². The van der Waals surface area contributed by atoms with Crippen LogP contribution in [-0.4, -0.2) is 29.3 Å². The molecule has 0 atom stereocenters. The predicted molar refractivity (Wildman–Crippen MR) is 82.4 cm³/mol. The Morgan fingerprint density at radius 2 is 2.00 bits per heavy atom. The fourth-order valence-electron chi connectivity index (χ4n) is 1.80. The van der Waals surface area contributed by atoms with Gasteiger partial charge < -0.3 is 14.6 Å². The molecule has 8 nitrogen and oxygen atoms in total. The SMILES string of the molecule is Cc1c(COCC(=O)OC(C)(C)C)cc(C(=O)O)cc1N=[N+]=[N-]. The van der Waals surface area contributed by atoms with E-state index in [9.17, 15) is 9.59 Å². The summed E-state index contributed by atoms with van der Waals surface area (Å²) in [5, 5.41) is 12.6. The lowest BCUT2D eigenvalue weighted by Crippen LogP contribution is -2.26. The summed E-state index contributed by atoms with van der Waals surface area (Å²) < 4.78 is 10.4. The van der Waals surface area contributed by atoms with Crippen molar-refractivity contribution >= 4 is 17.6 Å². The second-order valence-electron chi connectivity index (χ2n) is 5.85. The van der Waals surface area contributed by atoms with Crippen LogP contribution in [-0.2, 0) is 20.9 Å². The summed E-state index contributed by atoms with van der Waals surface area (Å²) >= 11 is 0. The van der Waals surface area contributed by atoms with Crippen LogP contribution in [0.5, 0.6) is 0 Å². The van der Waals surface area contributed by atoms with Gasteiger partial charge in [0.15, 0.2) is 0 Å². The van der Waals surface area contributed by atoms with E-state index in [0.29, 0.717) is 11.1 Å². The quantitative estimate of drug-likeness (QED) is 0.372. The molecule has 0 heterocycles. The number of hydrogen-bond donors (Lipinski definition) is 1. The average molecular weight is 321 g/mol. The number of benzene rings is 1. The van der Waals surface area contributed by atoms with Crippen LogP contribution in [0.2, 0.25) is 0 Å². The van der Waals surface area contributed by atoms with Gasteiger partial charge in [0.2, 0.25) is 0 Å². The molecule has 0 unspecified atom stereocenters. The van der Waals surface area contributed by atoms with Crippen molar-refractivity contribution in [2.75, 3.05) is 6.61 Å². The van der Waals surface area contributed by atoms with Crippen LogP contribution in [0.4, 0.5) is 5.69 Å². The number of carboxylic acid groups (broad SMARTS) is 1. The molecule has 0 radical (unpaired) electrons. The zero-order valence-corrected chi connectivity index (χ0v) is 13.5. The molecular weight excluding hydrogens is 302 g/mol. The van der Waals surface area contributed by atoms with E-state index in [1.54, 1.807) is 27.7 Å². The van der Waals surface area contributed by atoms with Crippen molar-refractivity contribution in [3.8, 4) is 0 Å². The van der Waals surface area contributed by atoms with Crippen LogP contribution in [0.25, 0.3) is 10.4 Å². The summed E-state index contributed by atoms with van der Waals surface area (Å²) in [6.07, 6.45) is 0. The maximum atomic E-state index is 11.6. The van der Waals surface area contributed by atoms with Gasteiger partial charge in [-0.2, -0.15) is 0 Å². The van der Waals surface area contributed by atoms with Crippen molar-refractivity contribution in [1.29, 1.82) is 0 Å². The number of rotatable bonds is 6. The van der Waals surface area contributed by atoms with Gasteiger partial charge in [-0.1, -0.05) is 5.11 Å². The molecule has 0 amide bonds. The number of hydrogen-bond acceptors (Lipinski definition) is 5. The van der Waals surface area contributed by atoms with E-state index in [0.717, 1.165) is 0 Å². The minimum absolute atomic E-state index is 0.000144. The number of esters is 1. The molecule has 0 aromatic heterocycles. The second kappa shape index (κ2) is 7.62. The normalized spacial score (nSPS) is 10.8. The molecule has 23 heavy (non-hydrogen) atoms. The molecule has 0 spiro atoms. The number of nitrogens with zero attached hydrogens (tertiary/aromatic N) is 3. The first kappa shape index (κ1) is 18.5. The zero-order valence-electron chi connectivity index (χ0n) is 13.5. The van der Waals surface area contributed by atoms with Gasteiger partial charge >= 0.3 is 11.9 Å². The number of carbonyl (C=O) groups is 2. The largest absolute Gasteiger partial charge is 0.478 e. The van der Waals surface area contributed by atoms with Crippen molar-refractivity contribution in [3.05, 3.63) is 39.3 Å². The predicted octanol–water partition coefficient (Wildman–Crippen LogP) is 3.49. The molecule has 1 rings (SSSR count). The van der Waals surface area contributed by atoms with E-state index >= 15 is 0 Å². The summed E-state index contributed by atoms with van der Waals surface area (Å²) in [5.41, 5.74) is 9.25. The third-order valence-corrected chi connectivity index (χ3v) is 2.78. The highest BCUT2D eigenvalue weighted by Crippen LogP contribution is 2.25. The van der Waals surface area contributed by atoms with Crippen LogP contribution < -0.4 is 0 Å². The summed E-state index contributed by atoms with van der Waals surface area (Å²) in [4.78, 5) is 25.4. The first-order valence-corrected chi connectivity index (χ1v) is 6.85. The number of ether oxygens (including phenoxy) is 2. The van der Waals surface area contributed by atoms with Crippen LogP contribution in [0.15, 0.2) is 17.2 Å². The van der Waals surface area contributed by atoms with E-state index in [4.69, 9.17) is 20.1 Å². The molecule has 0 aliphatic rings. The molecule has 1 N–H and O–H groups in total. The van der Waals surface area contributed by atoms with Crippen LogP contribution in [0.1, 0.15) is 42.3 Å². The fourth-order valence-corrected chi connectivity index (χ4v) is 1.80. The lowest BCUT2D eigenvalue weighted by Gasteiger charge is -2.19. The first-order chi connectivity index (χ1) is 10.6. The molecule has 0 aliphatic carbocycles. The summed E-state index contributed by atoms with van der Waals surface area (Å²) in [5.74, 6) is -1.66. The Bertz CT molecular complexity index is 658. The smallest absolute Gasteiger partial charge is 0.335 e. The highest BCUT2D eigenvalue weighted by Gasteiger charge is 2.17. The molecule has 8 heteroatoms. The van der Waals surface area contributed by atoms with Crippen molar-refractivity contribution in [3.63, 3.8) is 0 Å². The molecule has 0 saturated carbocycles. The Morgan fingerprint density at radius 1 is 1.35 bits per heavy atom. The van der Waals surface area contributed by atoms with Crippen molar-refractivity contribution < 1.29 is 24.2 Å². The minimum Gasteiger partial charge on any atom is -0.478 e. The monoisotopic (exact) mass is 321 g/mol. The Labute approximate surface area is 133 Å². The lowest BCUT2D eigenvalue weighted by atomic mass is 10.0. The molecule has 1 aromatic carbocycles. The molecule has 1 aromatic rings. The standard InChI is InChI=1S/C15H19N3O5/c1-9-11(7-22-8-13(19)23-15(2,3)4)5-10(14(20)21)6-12(9)17-18-16/h5-6H,7-8H2,1-4H3,(H,20,21). The fraction of sp³-hybridized carbons (Fsp3) is 0.467. The maximum absolute atomic E-state index is 11.6. The van der Waals surface area contributed by atoms with Gasteiger partial charge in [-0.15, -0.1) is 0 Å². The third-order valence-electron chi connectivity index (χ3n) is 2.78. The number of carboxylic acids is 1. The van der Waals surface area contributed by atoms with Gasteiger partial charge in [-0.3, -0.25) is 0 Å². The maximum Gasteiger partial charge on any atom is 0.335 e. The highest BCUT2D eigenvalue weighted by atomic mass is 16.6. The number of aromatic carboxylic acids is 1. The second-order valence-corrected chi connectivity index (χ2v) is 5.85. The molecule has 124 valence electrons. The lowest BCUT2D eigenvalue weighted by molar-refractivity contribution is -0.160. The topological polar surface area (TPSA) is 122 Å². The Morgan fingerprint density at radius 3 is 2.52 bits per heavy atom. The minimum atomic E-state index is -1.15. The van der Waals surface area contributed by atoms with Crippen LogP contribution >= 0.6 is 0 Å². The van der Waals surface area contributed by atoms with Crippen molar-refractivity contribution in [2.24, 2.45) is 5.11 Å². The summed E-state index contributed by atoms with van der Waals surface area (Å²) in [6, 6.07) is 2.71. The van der Waals surface area contributed by atoms with Gasteiger partial charge in [-0.05, 0) is 56.5 Å². The average Bonchev–Trinajstić information content (AvgIpc) is 2.40.